The molecule has 1 atom stereocenters. The average Bonchev–Trinajstić information content (AvgIpc) is 2.78. The molecule has 2 aromatic rings. The normalized spacial score (nSPS) is 12.2. The lowest BCUT2D eigenvalue weighted by Gasteiger charge is -2.13. The summed E-state index contributed by atoms with van der Waals surface area (Å²) in [5.74, 6) is -0.0386. The van der Waals surface area contributed by atoms with E-state index >= 15 is 0 Å². The van der Waals surface area contributed by atoms with Crippen molar-refractivity contribution in [2.24, 2.45) is 0 Å². The Balaban J connectivity index is 1.94. The first kappa shape index (κ1) is 14.6. The number of rotatable bonds is 4. The first-order valence-electron chi connectivity index (χ1n) is 5.84. The van der Waals surface area contributed by atoms with Gasteiger partial charge in [-0.1, -0.05) is 23.7 Å². The number of halogens is 2. The topological polar surface area (TPSA) is 29.1 Å². The van der Waals surface area contributed by atoms with Crippen LogP contribution in [-0.4, -0.2) is 11.9 Å². The van der Waals surface area contributed by atoms with E-state index in [0.29, 0.717) is 4.88 Å². The average molecular weight is 359 g/mol. The third-order valence-electron chi connectivity index (χ3n) is 2.66. The molecule has 1 amide bonds. The Hall–Kier alpha value is -0.840. The van der Waals surface area contributed by atoms with Crippen LogP contribution in [0.1, 0.15) is 22.2 Å². The smallest absolute Gasteiger partial charge is 0.262 e. The van der Waals surface area contributed by atoms with Crippen LogP contribution in [0.25, 0.3) is 0 Å². The van der Waals surface area contributed by atoms with Gasteiger partial charge in [0.1, 0.15) is 4.88 Å². The summed E-state index contributed by atoms with van der Waals surface area (Å²) in [5.41, 5.74) is 1.16. The highest BCUT2D eigenvalue weighted by Crippen LogP contribution is 2.22. The molecule has 19 heavy (non-hydrogen) atoms. The molecular formula is C14H13BrClNOS. The zero-order valence-corrected chi connectivity index (χ0v) is 13.5. The van der Waals surface area contributed by atoms with E-state index < -0.39 is 0 Å². The van der Waals surface area contributed by atoms with E-state index in [1.807, 2.05) is 42.6 Å². The van der Waals surface area contributed by atoms with Gasteiger partial charge < -0.3 is 5.32 Å². The molecule has 0 saturated heterocycles. The van der Waals surface area contributed by atoms with Crippen LogP contribution < -0.4 is 5.32 Å². The molecule has 0 fully saturated rings. The van der Waals surface area contributed by atoms with Crippen molar-refractivity contribution < 1.29 is 4.79 Å². The predicted molar refractivity (Wildman–Crippen MR) is 84.1 cm³/mol. The molecule has 0 bridgehead atoms. The fraction of sp³-hybridized carbons (Fsp3) is 0.214. The van der Waals surface area contributed by atoms with Crippen molar-refractivity contribution >= 4 is 44.8 Å². The molecule has 0 radical (unpaired) electrons. The van der Waals surface area contributed by atoms with Crippen LogP contribution in [0.4, 0.5) is 0 Å². The van der Waals surface area contributed by atoms with Crippen LogP contribution in [0.3, 0.4) is 0 Å². The van der Waals surface area contributed by atoms with Crippen LogP contribution >= 0.6 is 38.9 Å². The van der Waals surface area contributed by atoms with Crippen molar-refractivity contribution in [1.82, 2.24) is 5.32 Å². The number of thiophene rings is 1. The Labute approximate surface area is 129 Å². The van der Waals surface area contributed by atoms with E-state index in [4.69, 9.17) is 11.6 Å². The zero-order chi connectivity index (χ0) is 13.8. The summed E-state index contributed by atoms with van der Waals surface area (Å²) in [6.45, 7) is 1.99. The van der Waals surface area contributed by atoms with E-state index in [2.05, 4.69) is 21.2 Å². The Morgan fingerprint density at radius 2 is 2.05 bits per heavy atom. The maximum atomic E-state index is 12.0. The molecular weight excluding hydrogens is 346 g/mol. The number of nitrogens with one attached hydrogen (secondary N) is 1. The van der Waals surface area contributed by atoms with E-state index in [0.717, 1.165) is 21.5 Å². The highest BCUT2D eigenvalue weighted by molar-refractivity contribution is 9.10. The monoisotopic (exact) mass is 357 g/mol. The van der Waals surface area contributed by atoms with Gasteiger partial charge in [-0.25, -0.2) is 0 Å². The molecule has 0 aliphatic rings. The van der Waals surface area contributed by atoms with Gasteiger partial charge in [-0.3, -0.25) is 4.79 Å². The molecule has 100 valence electrons. The summed E-state index contributed by atoms with van der Waals surface area (Å²) < 4.78 is 0.841. The Morgan fingerprint density at radius 3 is 2.63 bits per heavy atom. The highest BCUT2D eigenvalue weighted by atomic mass is 79.9. The number of benzene rings is 1. The van der Waals surface area contributed by atoms with Gasteiger partial charge in [0.25, 0.3) is 5.91 Å². The van der Waals surface area contributed by atoms with Crippen molar-refractivity contribution in [3.05, 3.63) is 55.6 Å². The standard InChI is InChI=1S/C14H13BrClNOS/c1-9(8-10-2-4-11(16)5-3-10)17-14(18)13-12(15)6-7-19-13/h2-7,9H,8H2,1H3,(H,17,18). The summed E-state index contributed by atoms with van der Waals surface area (Å²) in [7, 11) is 0. The number of hydrogen-bond donors (Lipinski definition) is 1. The molecule has 2 nitrogen and oxygen atoms in total. The van der Waals surface area contributed by atoms with E-state index in [-0.39, 0.29) is 11.9 Å². The van der Waals surface area contributed by atoms with E-state index in [1.54, 1.807) is 0 Å². The Bertz CT molecular complexity index is 567. The summed E-state index contributed by atoms with van der Waals surface area (Å²) in [5, 5.41) is 5.61. The molecule has 0 aliphatic heterocycles. The van der Waals surface area contributed by atoms with Gasteiger partial charge >= 0.3 is 0 Å². The first-order valence-corrected chi connectivity index (χ1v) is 7.89. The fourth-order valence-electron chi connectivity index (χ4n) is 1.77. The maximum absolute atomic E-state index is 12.0. The van der Waals surface area contributed by atoms with Gasteiger partial charge in [0.05, 0.1) is 0 Å². The molecule has 0 aliphatic carbocycles. The predicted octanol–water partition coefficient (Wildman–Crippen LogP) is 4.53. The van der Waals surface area contributed by atoms with Crippen LogP contribution in [0, 0.1) is 0 Å². The number of carbonyl (C=O) groups excluding carboxylic acids is 1. The minimum absolute atomic E-state index is 0.0386. The molecule has 0 spiro atoms. The molecule has 1 aromatic heterocycles. The van der Waals surface area contributed by atoms with Crippen molar-refractivity contribution in [3.8, 4) is 0 Å². The minimum Gasteiger partial charge on any atom is -0.349 e. The summed E-state index contributed by atoms with van der Waals surface area (Å²) in [4.78, 5) is 12.7. The number of hydrogen-bond acceptors (Lipinski definition) is 2. The van der Waals surface area contributed by atoms with Crippen molar-refractivity contribution in [2.75, 3.05) is 0 Å². The molecule has 1 N–H and O–H groups in total. The lowest BCUT2D eigenvalue weighted by atomic mass is 10.1. The van der Waals surface area contributed by atoms with Crippen LogP contribution in [0.5, 0.6) is 0 Å². The summed E-state index contributed by atoms with van der Waals surface area (Å²) in [6, 6.07) is 9.63. The number of carbonyl (C=O) groups is 1. The van der Waals surface area contributed by atoms with Crippen LogP contribution in [-0.2, 0) is 6.42 Å². The molecule has 1 unspecified atom stereocenters. The minimum atomic E-state index is -0.0386. The Morgan fingerprint density at radius 1 is 1.37 bits per heavy atom. The maximum Gasteiger partial charge on any atom is 0.262 e. The van der Waals surface area contributed by atoms with Gasteiger partial charge in [-0.05, 0) is 58.4 Å². The van der Waals surface area contributed by atoms with Gasteiger partial charge in [-0.15, -0.1) is 11.3 Å². The second kappa shape index (κ2) is 6.55. The molecule has 2 rings (SSSR count). The fourth-order valence-corrected chi connectivity index (χ4v) is 3.35. The first-order chi connectivity index (χ1) is 9.06. The van der Waals surface area contributed by atoms with Gasteiger partial charge in [-0.2, -0.15) is 0 Å². The molecule has 0 saturated carbocycles. The third kappa shape index (κ3) is 4.06. The number of amides is 1. The van der Waals surface area contributed by atoms with E-state index in [1.165, 1.54) is 11.3 Å². The largest absolute Gasteiger partial charge is 0.349 e. The van der Waals surface area contributed by atoms with Crippen LogP contribution in [0.2, 0.25) is 5.02 Å². The Kier molecular flexibility index (Phi) is 5.02. The SMILES string of the molecule is CC(Cc1ccc(Cl)cc1)NC(=O)c1sccc1Br. The second-order valence-electron chi connectivity index (χ2n) is 4.30. The van der Waals surface area contributed by atoms with Crippen molar-refractivity contribution in [3.63, 3.8) is 0 Å². The second-order valence-corrected chi connectivity index (χ2v) is 6.51. The zero-order valence-electron chi connectivity index (χ0n) is 10.3. The molecule has 5 heteroatoms. The molecule has 1 aromatic carbocycles. The van der Waals surface area contributed by atoms with Crippen molar-refractivity contribution in [1.29, 1.82) is 0 Å². The quantitative estimate of drug-likeness (QED) is 0.855. The van der Waals surface area contributed by atoms with Gasteiger partial charge in [0, 0.05) is 15.5 Å². The molecule has 1 heterocycles. The van der Waals surface area contributed by atoms with Gasteiger partial charge in [0.2, 0.25) is 0 Å². The van der Waals surface area contributed by atoms with E-state index in [9.17, 15) is 4.79 Å². The third-order valence-corrected chi connectivity index (χ3v) is 4.74. The lowest BCUT2D eigenvalue weighted by Crippen LogP contribution is -2.33. The van der Waals surface area contributed by atoms with Crippen LogP contribution in [0.15, 0.2) is 40.2 Å². The summed E-state index contributed by atoms with van der Waals surface area (Å²) in [6.07, 6.45) is 0.784. The van der Waals surface area contributed by atoms with Gasteiger partial charge in [0.15, 0.2) is 0 Å². The lowest BCUT2D eigenvalue weighted by molar-refractivity contribution is 0.0943. The highest BCUT2D eigenvalue weighted by Gasteiger charge is 2.14. The summed E-state index contributed by atoms with van der Waals surface area (Å²) >= 11 is 10.6. The van der Waals surface area contributed by atoms with Crippen molar-refractivity contribution in [2.45, 2.75) is 19.4 Å².